The smallest absolute Gasteiger partial charge is 0.180 e. The minimum Gasteiger partial charge on any atom is -0.354 e. The Morgan fingerprint density at radius 1 is 0.926 bits per heavy atom. The molecular formula is C21H26N6. The zero-order valence-electron chi connectivity index (χ0n) is 15.8. The van der Waals surface area contributed by atoms with Gasteiger partial charge in [-0.25, -0.2) is 9.97 Å². The number of hydrogen-bond donors (Lipinski definition) is 0. The van der Waals surface area contributed by atoms with Crippen LogP contribution in [0.2, 0.25) is 0 Å². The summed E-state index contributed by atoms with van der Waals surface area (Å²) in [5, 5.41) is 0. The number of pyridine rings is 1. The van der Waals surface area contributed by atoms with Crippen LogP contribution in [0.3, 0.4) is 0 Å². The summed E-state index contributed by atoms with van der Waals surface area (Å²) >= 11 is 0. The number of anilines is 1. The number of nitrogens with zero attached hydrogens (tertiary/aromatic N) is 6. The van der Waals surface area contributed by atoms with E-state index in [1.54, 1.807) is 12.4 Å². The third-order valence-electron chi connectivity index (χ3n) is 5.11. The number of piperazine rings is 1. The van der Waals surface area contributed by atoms with Crippen LogP contribution in [0.4, 0.5) is 5.82 Å². The summed E-state index contributed by atoms with van der Waals surface area (Å²) in [5.74, 6) is 1.00. The molecule has 1 aromatic carbocycles. The Hall–Kier alpha value is -2.57. The van der Waals surface area contributed by atoms with Crippen LogP contribution in [-0.4, -0.2) is 71.1 Å². The molecule has 0 unspecified atom stereocenters. The molecule has 0 spiro atoms. The van der Waals surface area contributed by atoms with E-state index in [4.69, 9.17) is 0 Å². The SMILES string of the molecule is CN(CCN1CCN(c2ccc3nccnc3n2)CC1)Cc1ccccc1. The van der Waals surface area contributed by atoms with Crippen molar-refractivity contribution in [2.45, 2.75) is 6.54 Å². The molecule has 0 bridgehead atoms. The summed E-state index contributed by atoms with van der Waals surface area (Å²) < 4.78 is 0. The quantitative estimate of drug-likeness (QED) is 0.671. The van der Waals surface area contributed by atoms with E-state index < -0.39 is 0 Å². The average molecular weight is 362 g/mol. The van der Waals surface area contributed by atoms with Gasteiger partial charge >= 0.3 is 0 Å². The first-order chi connectivity index (χ1) is 13.3. The van der Waals surface area contributed by atoms with Crippen molar-refractivity contribution in [3.05, 3.63) is 60.4 Å². The maximum absolute atomic E-state index is 4.67. The lowest BCUT2D eigenvalue weighted by Gasteiger charge is -2.36. The van der Waals surface area contributed by atoms with Gasteiger partial charge in [0.25, 0.3) is 0 Å². The monoisotopic (exact) mass is 362 g/mol. The lowest BCUT2D eigenvalue weighted by molar-refractivity contribution is 0.212. The van der Waals surface area contributed by atoms with Gasteiger partial charge in [0, 0.05) is 58.2 Å². The van der Waals surface area contributed by atoms with Gasteiger partial charge in [-0.2, -0.15) is 0 Å². The van der Waals surface area contributed by atoms with Crippen LogP contribution in [0, 0.1) is 0 Å². The highest BCUT2D eigenvalue weighted by atomic mass is 15.3. The number of hydrogen-bond acceptors (Lipinski definition) is 6. The van der Waals surface area contributed by atoms with E-state index in [1.165, 1.54) is 5.56 Å². The molecule has 6 heteroatoms. The molecule has 0 N–H and O–H groups in total. The summed E-state index contributed by atoms with van der Waals surface area (Å²) in [5.41, 5.74) is 2.94. The number of rotatable bonds is 6. The molecule has 0 amide bonds. The molecule has 3 heterocycles. The molecule has 3 aromatic rings. The van der Waals surface area contributed by atoms with Crippen LogP contribution in [0.1, 0.15) is 5.56 Å². The van der Waals surface area contributed by atoms with Crippen LogP contribution >= 0.6 is 0 Å². The van der Waals surface area contributed by atoms with E-state index >= 15 is 0 Å². The Morgan fingerprint density at radius 2 is 1.70 bits per heavy atom. The van der Waals surface area contributed by atoms with Gasteiger partial charge in [0.05, 0.1) is 0 Å². The number of benzene rings is 1. The average Bonchev–Trinajstić information content (AvgIpc) is 2.73. The van der Waals surface area contributed by atoms with Gasteiger partial charge in [0.2, 0.25) is 0 Å². The summed E-state index contributed by atoms with van der Waals surface area (Å²) in [4.78, 5) is 20.6. The Morgan fingerprint density at radius 3 is 2.52 bits per heavy atom. The van der Waals surface area contributed by atoms with Gasteiger partial charge in [-0.05, 0) is 24.7 Å². The van der Waals surface area contributed by atoms with E-state index in [2.05, 4.69) is 73.1 Å². The van der Waals surface area contributed by atoms with Crippen molar-refractivity contribution in [2.24, 2.45) is 0 Å². The zero-order chi connectivity index (χ0) is 18.5. The predicted octanol–water partition coefficient (Wildman–Crippen LogP) is 2.28. The van der Waals surface area contributed by atoms with E-state index in [1.807, 2.05) is 6.07 Å². The Bertz CT molecular complexity index is 861. The highest BCUT2D eigenvalue weighted by Crippen LogP contribution is 2.16. The van der Waals surface area contributed by atoms with Crippen molar-refractivity contribution < 1.29 is 0 Å². The van der Waals surface area contributed by atoms with Gasteiger partial charge in [-0.15, -0.1) is 0 Å². The molecule has 0 aliphatic carbocycles. The zero-order valence-corrected chi connectivity index (χ0v) is 15.8. The fourth-order valence-corrected chi connectivity index (χ4v) is 3.51. The van der Waals surface area contributed by atoms with Crippen molar-refractivity contribution in [1.82, 2.24) is 24.8 Å². The van der Waals surface area contributed by atoms with Crippen molar-refractivity contribution >= 4 is 17.0 Å². The molecule has 27 heavy (non-hydrogen) atoms. The van der Waals surface area contributed by atoms with Gasteiger partial charge in [-0.3, -0.25) is 9.88 Å². The molecular weight excluding hydrogens is 336 g/mol. The molecule has 1 fully saturated rings. The minimum absolute atomic E-state index is 0.722. The van der Waals surface area contributed by atoms with Crippen LogP contribution in [0.25, 0.3) is 11.2 Å². The number of likely N-dealkylation sites (N-methyl/N-ethyl adjacent to an activating group) is 1. The first-order valence-corrected chi connectivity index (χ1v) is 9.55. The fourth-order valence-electron chi connectivity index (χ4n) is 3.51. The largest absolute Gasteiger partial charge is 0.354 e. The van der Waals surface area contributed by atoms with Gasteiger partial charge in [0.1, 0.15) is 11.3 Å². The molecule has 0 saturated carbocycles. The van der Waals surface area contributed by atoms with E-state index in [9.17, 15) is 0 Å². The highest BCUT2D eigenvalue weighted by Gasteiger charge is 2.18. The summed E-state index contributed by atoms with van der Waals surface area (Å²) in [6.45, 7) is 7.33. The third kappa shape index (κ3) is 4.59. The van der Waals surface area contributed by atoms with Crippen molar-refractivity contribution in [3.63, 3.8) is 0 Å². The van der Waals surface area contributed by atoms with Crippen LogP contribution < -0.4 is 4.90 Å². The molecule has 6 nitrogen and oxygen atoms in total. The van der Waals surface area contributed by atoms with Crippen molar-refractivity contribution in [2.75, 3.05) is 51.2 Å². The van der Waals surface area contributed by atoms with Gasteiger partial charge < -0.3 is 9.80 Å². The minimum atomic E-state index is 0.722. The lowest BCUT2D eigenvalue weighted by Crippen LogP contribution is -2.48. The third-order valence-corrected chi connectivity index (χ3v) is 5.11. The molecule has 1 aliphatic rings. The first-order valence-electron chi connectivity index (χ1n) is 9.55. The molecule has 1 aliphatic heterocycles. The molecule has 1 saturated heterocycles. The molecule has 4 rings (SSSR count). The number of fused-ring (bicyclic) bond motifs is 1. The summed E-state index contributed by atoms with van der Waals surface area (Å²) in [7, 11) is 2.20. The lowest BCUT2D eigenvalue weighted by atomic mass is 10.2. The first kappa shape index (κ1) is 17.8. The maximum atomic E-state index is 4.67. The predicted molar refractivity (Wildman–Crippen MR) is 109 cm³/mol. The maximum Gasteiger partial charge on any atom is 0.180 e. The van der Waals surface area contributed by atoms with Gasteiger partial charge in [-0.1, -0.05) is 30.3 Å². The van der Waals surface area contributed by atoms with Gasteiger partial charge in [0.15, 0.2) is 5.65 Å². The number of aromatic nitrogens is 3. The highest BCUT2D eigenvalue weighted by molar-refractivity contribution is 5.71. The molecule has 140 valence electrons. The molecule has 0 atom stereocenters. The normalized spacial score (nSPS) is 15.6. The Labute approximate surface area is 160 Å². The fraction of sp³-hybridized carbons (Fsp3) is 0.381. The van der Waals surface area contributed by atoms with Crippen molar-refractivity contribution in [1.29, 1.82) is 0 Å². The summed E-state index contributed by atoms with van der Waals surface area (Å²) in [6, 6.07) is 14.7. The van der Waals surface area contributed by atoms with Crippen molar-refractivity contribution in [3.8, 4) is 0 Å². The Kier molecular flexibility index (Phi) is 5.55. The van der Waals surface area contributed by atoms with E-state index in [-0.39, 0.29) is 0 Å². The van der Waals surface area contributed by atoms with Crippen LogP contribution in [-0.2, 0) is 6.54 Å². The second-order valence-corrected chi connectivity index (χ2v) is 7.12. The second-order valence-electron chi connectivity index (χ2n) is 7.12. The van der Waals surface area contributed by atoms with E-state index in [0.29, 0.717) is 0 Å². The Balaban J connectivity index is 1.26. The van der Waals surface area contributed by atoms with Crippen LogP contribution in [0.5, 0.6) is 0 Å². The topological polar surface area (TPSA) is 48.4 Å². The standard InChI is InChI=1S/C21H26N6/c1-25(17-18-5-3-2-4-6-18)11-12-26-13-15-27(16-14-26)20-8-7-19-21(24-20)23-10-9-22-19/h2-10H,11-17H2,1H3. The molecule has 0 radical (unpaired) electrons. The van der Waals surface area contributed by atoms with Crippen LogP contribution in [0.15, 0.2) is 54.9 Å². The second kappa shape index (κ2) is 8.41. The van der Waals surface area contributed by atoms with E-state index in [0.717, 1.165) is 62.8 Å². The summed E-state index contributed by atoms with van der Waals surface area (Å²) in [6.07, 6.45) is 3.40. The molecule has 2 aromatic heterocycles.